The van der Waals surface area contributed by atoms with E-state index in [0.29, 0.717) is 0 Å². The minimum Gasteiger partial charge on any atom is -0.268 e. The summed E-state index contributed by atoms with van der Waals surface area (Å²) in [5.74, 6) is 0.906. The third kappa shape index (κ3) is 1.38. The Bertz CT molecular complexity index is 271. The normalized spacial score (nSPS) is 16.8. The highest BCUT2D eigenvalue weighted by atomic mass is 15.3. The molecule has 0 bridgehead atoms. The van der Waals surface area contributed by atoms with E-state index in [4.69, 9.17) is 0 Å². The van der Waals surface area contributed by atoms with E-state index >= 15 is 0 Å². The quantitative estimate of drug-likeness (QED) is 0.666. The van der Waals surface area contributed by atoms with Crippen LogP contribution in [0, 0.1) is 19.0 Å². The molecule has 1 aliphatic rings. The molecule has 0 aliphatic heterocycles. The van der Waals surface area contributed by atoms with Crippen molar-refractivity contribution in [2.75, 3.05) is 0 Å². The largest absolute Gasteiger partial charge is 0.268 e. The average molecular weight is 163 g/mol. The van der Waals surface area contributed by atoms with Gasteiger partial charge in [0.2, 0.25) is 0 Å². The predicted octanol–water partition coefficient (Wildman–Crippen LogP) is 1.96. The topological polar surface area (TPSA) is 17.8 Å². The van der Waals surface area contributed by atoms with E-state index in [-0.39, 0.29) is 0 Å². The second kappa shape index (κ2) is 2.92. The number of aromatic nitrogens is 2. The van der Waals surface area contributed by atoms with Gasteiger partial charge in [0.25, 0.3) is 0 Å². The number of hydrogen-bond acceptors (Lipinski definition) is 1. The zero-order valence-corrected chi connectivity index (χ0v) is 7.80. The standard InChI is InChI=1S/C10H15N2/c1-3-10-8(2)6-11-12(10)7-9-4-5-9/h9H,3-5,7H2,1-2H3. The Morgan fingerprint density at radius 1 is 1.58 bits per heavy atom. The summed E-state index contributed by atoms with van der Waals surface area (Å²) in [6.45, 7) is 5.39. The second-order valence-electron chi connectivity index (χ2n) is 3.66. The van der Waals surface area contributed by atoms with E-state index in [1.165, 1.54) is 24.1 Å². The van der Waals surface area contributed by atoms with Gasteiger partial charge in [0.05, 0.1) is 0 Å². The first-order chi connectivity index (χ1) is 5.81. The van der Waals surface area contributed by atoms with E-state index < -0.39 is 0 Å². The van der Waals surface area contributed by atoms with Crippen molar-refractivity contribution >= 4 is 0 Å². The molecule has 0 unspecified atom stereocenters. The van der Waals surface area contributed by atoms with Crippen LogP contribution in [0.3, 0.4) is 0 Å². The van der Waals surface area contributed by atoms with Crippen molar-refractivity contribution in [2.45, 2.75) is 39.7 Å². The van der Waals surface area contributed by atoms with E-state index in [9.17, 15) is 0 Å². The lowest BCUT2D eigenvalue weighted by Crippen LogP contribution is -2.06. The molecule has 65 valence electrons. The number of rotatable bonds is 3. The zero-order chi connectivity index (χ0) is 8.55. The third-order valence-electron chi connectivity index (χ3n) is 2.55. The summed E-state index contributed by atoms with van der Waals surface area (Å²) in [5, 5.41) is 4.26. The van der Waals surface area contributed by atoms with Crippen molar-refractivity contribution in [1.29, 1.82) is 0 Å². The maximum absolute atomic E-state index is 4.26. The Balaban J connectivity index is 2.16. The molecule has 12 heavy (non-hydrogen) atoms. The van der Waals surface area contributed by atoms with Gasteiger partial charge in [-0.15, -0.1) is 0 Å². The molecule has 1 fully saturated rings. The fourth-order valence-corrected chi connectivity index (χ4v) is 1.60. The van der Waals surface area contributed by atoms with Gasteiger partial charge in [-0.2, -0.15) is 5.10 Å². The van der Waals surface area contributed by atoms with Gasteiger partial charge in [0.1, 0.15) is 6.20 Å². The van der Waals surface area contributed by atoms with Crippen LogP contribution >= 0.6 is 0 Å². The molecular formula is C10H15N2. The molecule has 1 radical (unpaired) electrons. The Kier molecular flexibility index (Phi) is 1.91. The monoisotopic (exact) mass is 163 g/mol. The van der Waals surface area contributed by atoms with Crippen molar-refractivity contribution in [3.05, 3.63) is 17.5 Å². The van der Waals surface area contributed by atoms with Gasteiger partial charge >= 0.3 is 0 Å². The first kappa shape index (κ1) is 7.84. The molecule has 0 atom stereocenters. The molecule has 1 aromatic rings. The van der Waals surface area contributed by atoms with Crippen molar-refractivity contribution in [3.63, 3.8) is 0 Å². The fourth-order valence-electron chi connectivity index (χ4n) is 1.60. The van der Waals surface area contributed by atoms with Gasteiger partial charge in [0, 0.05) is 12.2 Å². The smallest absolute Gasteiger partial charge is 0.116 e. The lowest BCUT2D eigenvalue weighted by Gasteiger charge is -2.04. The SMILES string of the molecule is CCc1c(C)[c]nn1CC1CC1. The molecule has 1 saturated carbocycles. The summed E-state index contributed by atoms with van der Waals surface area (Å²) < 4.78 is 2.13. The van der Waals surface area contributed by atoms with Crippen LogP contribution in [0.1, 0.15) is 31.0 Å². The molecule has 0 N–H and O–H groups in total. The minimum atomic E-state index is 0.906. The lowest BCUT2D eigenvalue weighted by atomic mass is 10.2. The first-order valence-corrected chi connectivity index (χ1v) is 4.75. The molecule has 0 amide bonds. The van der Waals surface area contributed by atoms with Crippen molar-refractivity contribution < 1.29 is 0 Å². The van der Waals surface area contributed by atoms with Crippen LogP contribution in [0.15, 0.2) is 0 Å². The molecule has 0 spiro atoms. The van der Waals surface area contributed by atoms with Gasteiger partial charge in [-0.3, -0.25) is 4.68 Å². The lowest BCUT2D eigenvalue weighted by molar-refractivity contribution is 0.540. The summed E-state index contributed by atoms with van der Waals surface area (Å²) >= 11 is 0. The Morgan fingerprint density at radius 3 is 2.92 bits per heavy atom. The third-order valence-corrected chi connectivity index (χ3v) is 2.55. The van der Waals surface area contributed by atoms with Crippen LogP contribution < -0.4 is 0 Å². The van der Waals surface area contributed by atoms with Crippen LogP contribution in [0.2, 0.25) is 0 Å². The maximum atomic E-state index is 4.26. The zero-order valence-electron chi connectivity index (χ0n) is 7.80. The Labute approximate surface area is 73.6 Å². The van der Waals surface area contributed by atoms with Crippen molar-refractivity contribution in [1.82, 2.24) is 9.78 Å². The van der Waals surface area contributed by atoms with Crippen LogP contribution in [0.5, 0.6) is 0 Å². The van der Waals surface area contributed by atoms with Crippen LogP contribution in [0.4, 0.5) is 0 Å². The van der Waals surface area contributed by atoms with Gasteiger partial charge in [-0.25, -0.2) is 0 Å². The number of hydrogen-bond donors (Lipinski definition) is 0. The van der Waals surface area contributed by atoms with Gasteiger partial charge in [-0.1, -0.05) is 6.92 Å². The molecule has 0 saturated heterocycles. The molecule has 1 aliphatic carbocycles. The van der Waals surface area contributed by atoms with Gasteiger partial charge in [-0.05, 0) is 37.7 Å². The van der Waals surface area contributed by atoms with E-state index in [2.05, 4.69) is 29.8 Å². The van der Waals surface area contributed by atoms with E-state index in [1.807, 2.05) is 0 Å². The van der Waals surface area contributed by atoms with Gasteiger partial charge < -0.3 is 0 Å². The molecular weight excluding hydrogens is 148 g/mol. The maximum Gasteiger partial charge on any atom is 0.116 e. The summed E-state index contributed by atoms with van der Waals surface area (Å²) in [6, 6.07) is 0. The molecule has 2 heteroatoms. The van der Waals surface area contributed by atoms with E-state index in [0.717, 1.165) is 18.9 Å². The minimum absolute atomic E-state index is 0.906. The first-order valence-electron chi connectivity index (χ1n) is 4.75. The average Bonchev–Trinajstić information content (AvgIpc) is 2.78. The van der Waals surface area contributed by atoms with Gasteiger partial charge in [0.15, 0.2) is 0 Å². The fraction of sp³-hybridized carbons (Fsp3) is 0.700. The molecule has 2 rings (SSSR count). The number of aryl methyl sites for hydroxylation is 1. The molecule has 2 nitrogen and oxygen atoms in total. The Morgan fingerprint density at radius 2 is 2.33 bits per heavy atom. The molecule has 1 heterocycles. The summed E-state index contributed by atoms with van der Waals surface area (Å²) in [7, 11) is 0. The highest BCUT2D eigenvalue weighted by Gasteiger charge is 2.23. The molecule has 1 aromatic heterocycles. The van der Waals surface area contributed by atoms with E-state index in [1.54, 1.807) is 0 Å². The van der Waals surface area contributed by atoms with Crippen LogP contribution in [0.25, 0.3) is 0 Å². The van der Waals surface area contributed by atoms with Crippen LogP contribution in [-0.2, 0) is 13.0 Å². The van der Waals surface area contributed by atoms with Crippen molar-refractivity contribution in [3.8, 4) is 0 Å². The summed E-state index contributed by atoms with van der Waals surface area (Å²) in [6.07, 6.45) is 6.89. The highest BCUT2D eigenvalue weighted by Crippen LogP contribution is 2.30. The second-order valence-corrected chi connectivity index (χ2v) is 3.66. The predicted molar refractivity (Wildman–Crippen MR) is 47.9 cm³/mol. The summed E-state index contributed by atoms with van der Waals surface area (Å²) in [5.41, 5.74) is 2.58. The number of nitrogens with zero attached hydrogens (tertiary/aromatic N) is 2. The van der Waals surface area contributed by atoms with Crippen molar-refractivity contribution in [2.24, 2.45) is 5.92 Å². The Hall–Kier alpha value is -0.790. The summed E-state index contributed by atoms with van der Waals surface area (Å²) in [4.78, 5) is 0. The highest BCUT2D eigenvalue weighted by molar-refractivity contribution is 5.14. The molecule has 0 aromatic carbocycles. The van der Waals surface area contributed by atoms with Crippen LogP contribution in [-0.4, -0.2) is 9.78 Å².